The maximum atomic E-state index is 12.6. The number of urea groups is 1. The molecule has 0 radical (unpaired) electrons. The molecule has 2 amide bonds. The first-order valence-electron chi connectivity index (χ1n) is 10.8. The second-order valence-corrected chi connectivity index (χ2v) is 9.04. The van der Waals surface area contributed by atoms with Crippen molar-refractivity contribution in [1.29, 1.82) is 0 Å². The molecular weight excluding hydrogens is 444 g/mol. The van der Waals surface area contributed by atoms with Crippen LogP contribution in [0.15, 0.2) is 24.4 Å². The van der Waals surface area contributed by atoms with Gasteiger partial charge in [-0.15, -0.1) is 16.4 Å². The molecule has 3 heterocycles. The topological polar surface area (TPSA) is 138 Å². The summed E-state index contributed by atoms with van der Waals surface area (Å²) in [5.41, 5.74) is 2.98. The summed E-state index contributed by atoms with van der Waals surface area (Å²) < 4.78 is 1.26. The van der Waals surface area contributed by atoms with Gasteiger partial charge in [-0.1, -0.05) is 6.07 Å². The van der Waals surface area contributed by atoms with Gasteiger partial charge >= 0.3 is 12.0 Å². The van der Waals surface area contributed by atoms with Crippen molar-refractivity contribution in [1.82, 2.24) is 25.2 Å². The van der Waals surface area contributed by atoms with E-state index in [-0.39, 0.29) is 12.6 Å². The van der Waals surface area contributed by atoms with Gasteiger partial charge in [0.2, 0.25) is 0 Å². The number of nitrogens with zero attached hydrogens (tertiary/aromatic N) is 6. The van der Waals surface area contributed by atoms with E-state index in [4.69, 9.17) is 5.11 Å². The summed E-state index contributed by atoms with van der Waals surface area (Å²) in [6.45, 7) is 3.75. The van der Waals surface area contributed by atoms with Crippen molar-refractivity contribution >= 4 is 39.8 Å². The third-order valence-corrected chi connectivity index (χ3v) is 6.33. The van der Waals surface area contributed by atoms with Gasteiger partial charge in [0.1, 0.15) is 6.54 Å². The molecule has 0 spiro atoms. The monoisotopic (exact) mass is 470 g/mol. The lowest BCUT2D eigenvalue weighted by molar-refractivity contribution is -0.138. The highest BCUT2D eigenvalue weighted by molar-refractivity contribution is 7.15. The first kappa shape index (κ1) is 22.6. The number of anilines is 3. The molecule has 1 aliphatic heterocycles. The van der Waals surface area contributed by atoms with E-state index in [1.165, 1.54) is 22.4 Å². The van der Waals surface area contributed by atoms with E-state index in [0.717, 1.165) is 47.7 Å². The zero-order valence-electron chi connectivity index (χ0n) is 18.3. The number of amides is 2. The number of benzene rings is 1. The molecular formula is C21H26N8O3S. The fourth-order valence-corrected chi connectivity index (χ4v) is 4.57. The third-order valence-electron chi connectivity index (χ3n) is 5.36. The molecule has 0 saturated carbocycles. The van der Waals surface area contributed by atoms with E-state index >= 15 is 0 Å². The van der Waals surface area contributed by atoms with Crippen LogP contribution in [0.5, 0.6) is 0 Å². The minimum atomic E-state index is -1.00. The Labute approximate surface area is 194 Å². The van der Waals surface area contributed by atoms with Gasteiger partial charge in [0.05, 0.1) is 11.4 Å². The largest absolute Gasteiger partial charge is 0.480 e. The number of aromatic nitrogens is 5. The molecule has 3 N–H and O–H groups in total. The van der Waals surface area contributed by atoms with Gasteiger partial charge in [0.25, 0.3) is 0 Å². The Balaban J connectivity index is 1.35. The highest BCUT2D eigenvalue weighted by atomic mass is 32.1. The van der Waals surface area contributed by atoms with Gasteiger partial charge < -0.3 is 15.3 Å². The molecule has 0 bridgehead atoms. The van der Waals surface area contributed by atoms with Crippen molar-refractivity contribution in [3.05, 3.63) is 40.7 Å². The minimum absolute atomic E-state index is 0.281. The van der Waals surface area contributed by atoms with Crippen molar-refractivity contribution in [3.63, 3.8) is 0 Å². The van der Waals surface area contributed by atoms with Crippen LogP contribution in [0.25, 0.3) is 0 Å². The van der Waals surface area contributed by atoms with Gasteiger partial charge in [-0.2, -0.15) is 0 Å². The standard InChI is InChI=1S/C21H26N8O3S/c1-14-5-7-16(17(11-14)28-9-3-2-4-10-28)23-20(32)24-21-22-12-15(33-21)6-8-18-25-26-27-29(18)13-19(30)31/h5,7,11-12H,2-4,6,8-10,13H2,1H3,(H,30,31)(H2,22,23,24,32). The molecule has 0 unspecified atom stereocenters. The van der Waals surface area contributed by atoms with Gasteiger partial charge in [0.15, 0.2) is 11.0 Å². The Bertz CT molecular complexity index is 1120. The molecule has 4 rings (SSSR count). The Morgan fingerprint density at radius 1 is 1.15 bits per heavy atom. The Morgan fingerprint density at radius 3 is 2.76 bits per heavy atom. The van der Waals surface area contributed by atoms with E-state index in [2.05, 4.69) is 49.0 Å². The summed E-state index contributed by atoms with van der Waals surface area (Å²) in [6.07, 6.45) is 6.30. The summed E-state index contributed by atoms with van der Waals surface area (Å²) in [5, 5.41) is 26.3. The summed E-state index contributed by atoms with van der Waals surface area (Å²) in [5.74, 6) is -0.515. The number of hydrogen-bond donors (Lipinski definition) is 3. The number of thiazole rings is 1. The van der Waals surface area contributed by atoms with Crippen molar-refractivity contribution in [2.75, 3.05) is 28.6 Å². The highest BCUT2D eigenvalue weighted by Gasteiger charge is 2.17. The zero-order valence-corrected chi connectivity index (χ0v) is 19.1. The lowest BCUT2D eigenvalue weighted by atomic mass is 10.1. The van der Waals surface area contributed by atoms with Crippen LogP contribution in [0.3, 0.4) is 0 Å². The van der Waals surface area contributed by atoms with Crippen LogP contribution in [0.4, 0.5) is 21.3 Å². The van der Waals surface area contributed by atoms with E-state index in [1.807, 2.05) is 12.1 Å². The second kappa shape index (κ2) is 10.4. The number of nitrogens with one attached hydrogen (secondary N) is 2. The highest BCUT2D eigenvalue weighted by Crippen LogP contribution is 2.30. The summed E-state index contributed by atoms with van der Waals surface area (Å²) in [7, 11) is 0. The number of carboxylic acids is 1. The number of aryl methyl sites for hydroxylation is 3. The maximum absolute atomic E-state index is 12.6. The Morgan fingerprint density at radius 2 is 1.97 bits per heavy atom. The zero-order chi connectivity index (χ0) is 23.2. The van der Waals surface area contributed by atoms with Crippen molar-refractivity contribution in [2.45, 2.75) is 45.6 Å². The number of carboxylic acid groups (broad SMARTS) is 1. The van der Waals surface area contributed by atoms with Gasteiger partial charge in [-0.05, 0) is 60.7 Å². The quantitative estimate of drug-likeness (QED) is 0.457. The Hall–Kier alpha value is -3.54. The van der Waals surface area contributed by atoms with Crippen LogP contribution in [0.1, 0.15) is 35.5 Å². The summed E-state index contributed by atoms with van der Waals surface area (Å²) in [6, 6.07) is 5.69. The maximum Gasteiger partial charge on any atom is 0.325 e. The molecule has 1 aliphatic rings. The minimum Gasteiger partial charge on any atom is -0.480 e. The van der Waals surface area contributed by atoms with Crippen LogP contribution in [-0.4, -0.2) is 55.4 Å². The smallest absolute Gasteiger partial charge is 0.325 e. The van der Waals surface area contributed by atoms with E-state index < -0.39 is 5.97 Å². The SMILES string of the molecule is Cc1ccc(NC(=O)Nc2ncc(CCc3nnnn3CC(=O)O)s2)c(N2CCCCC2)c1. The van der Waals surface area contributed by atoms with Crippen molar-refractivity contribution in [2.24, 2.45) is 0 Å². The number of hydrogen-bond acceptors (Lipinski definition) is 8. The molecule has 3 aromatic rings. The molecule has 2 aromatic heterocycles. The lowest BCUT2D eigenvalue weighted by Crippen LogP contribution is -2.31. The van der Waals surface area contributed by atoms with E-state index in [0.29, 0.717) is 23.8 Å². The lowest BCUT2D eigenvalue weighted by Gasteiger charge is -2.30. The van der Waals surface area contributed by atoms with Gasteiger partial charge in [-0.25, -0.2) is 14.5 Å². The predicted octanol–water partition coefficient (Wildman–Crippen LogP) is 2.94. The normalized spacial score (nSPS) is 13.7. The van der Waals surface area contributed by atoms with Gasteiger partial charge in [0, 0.05) is 30.6 Å². The van der Waals surface area contributed by atoms with E-state index in [9.17, 15) is 9.59 Å². The van der Waals surface area contributed by atoms with Crippen LogP contribution < -0.4 is 15.5 Å². The summed E-state index contributed by atoms with van der Waals surface area (Å²) >= 11 is 1.36. The molecule has 0 aliphatic carbocycles. The molecule has 1 saturated heterocycles. The molecule has 1 aromatic carbocycles. The molecule has 0 atom stereocenters. The second-order valence-electron chi connectivity index (χ2n) is 7.93. The number of carbonyl (C=O) groups is 2. The van der Waals surface area contributed by atoms with Crippen LogP contribution in [0, 0.1) is 6.92 Å². The van der Waals surface area contributed by atoms with Crippen LogP contribution in [0.2, 0.25) is 0 Å². The van der Waals surface area contributed by atoms with Crippen molar-refractivity contribution < 1.29 is 14.7 Å². The average Bonchev–Trinajstić information content (AvgIpc) is 3.42. The predicted molar refractivity (Wildman–Crippen MR) is 125 cm³/mol. The van der Waals surface area contributed by atoms with Gasteiger partial charge in [-0.3, -0.25) is 10.1 Å². The van der Waals surface area contributed by atoms with Crippen LogP contribution >= 0.6 is 11.3 Å². The Kier molecular flexibility index (Phi) is 7.13. The number of carbonyl (C=O) groups excluding carboxylic acids is 1. The fraction of sp³-hybridized carbons (Fsp3) is 0.429. The van der Waals surface area contributed by atoms with Crippen molar-refractivity contribution in [3.8, 4) is 0 Å². The third kappa shape index (κ3) is 6.04. The number of aliphatic carboxylic acids is 1. The number of tetrazole rings is 1. The first-order chi connectivity index (χ1) is 16.0. The molecule has 174 valence electrons. The number of piperidine rings is 1. The average molecular weight is 471 g/mol. The summed E-state index contributed by atoms with van der Waals surface area (Å²) in [4.78, 5) is 31.1. The first-order valence-corrected chi connectivity index (χ1v) is 11.6. The fourth-order valence-electron chi connectivity index (χ4n) is 3.76. The molecule has 33 heavy (non-hydrogen) atoms. The van der Waals surface area contributed by atoms with E-state index in [1.54, 1.807) is 6.20 Å². The molecule has 11 nitrogen and oxygen atoms in total. The molecule has 1 fully saturated rings. The number of rotatable bonds is 8. The van der Waals surface area contributed by atoms with Crippen LogP contribution in [-0.2, 0) is 24.2 Å². The molecule has 12 heteroatoms.